The van der Waals surface area contributed by atoms with E-state index in [-0.39, 0.29) is 18.2 Å². The molecule has 4 nitrogen and oxygen atoms in total. The Morgan fingerprint density at radius 1 is 1.44 bits per heavy atom. The van der Waals surface area contributed by atoms with Crippen LogP contribution < -0.4 is 5.73 Å². The van der Waals surface area contributed by atoms with E-state index < -0.39 is 5.60 Å². The highest BCUT2D eigenvalue weighted by Gasteiger charge is 2.32. The fourth-order valence-corrected chi connectivity index (χ4v) is 2.05. The molecule has 1 saturated heterocycles. The molecule has 2 N–H and O–H groups in total. The Morgan fingerprint density at radius 3 is 2.56 bits per heavy atom. The Labute approximate surface area is 98.1 Å². The second-order valence-electron chi connectivity index (χ2n) is 5.60. The van der Waals surface area contributed by atoms with Gasteiger partial charge in [0.05, 0.1) is 0 Å². The molecule has 1 aliphatic rings. The average Bonchev–Trinajstić information content (AvgIpc) is 2.15. The summed E-state index contributed by atoms with van der Waals surface area (Å²) in [6, 6.07) is 0.136. The van der Waals surface area contributed by atoms with Gasteiger partial charge in [-0.3, -0.25) is 0 Å². The molecule has 0 aromatic rings. The molecule has 1 rings (SSSR count). The number of amides is 1. The second kappa shape index (κ2) is 5.04. The van der Waals surface area contributed by atoms with Crippen LogP contribution >= 0.6 is 0 Å². The largest absolute Gasteiger partial charge is 0.444 e. The molecule has 1 amide bonds. The Hall–Kier alpha value is -0.770. The molecule has 0 aromatic carbocycles. The van der Waals surface area contributed by atoms with Gasteiger partial charge in [-0.2, -0.15) is 0 Å². The minimum absolute atomic E-state index is 0.00724. The molecule has 1 fully saturated rings. The lowest BCUT2D eigenvalue weighted by Crippen LogP contribution is -2.52. The van der Waals surface area contributed by atoms with Crippen molar-refractivity contribution in [3.63, 3.8) is 0 Å². The zero-order valence-electron chi connectivity index (χ0n) is 10.8. The Bertz CT molecular complexity index is 246. The molecule has 0 saturated carbocycles. The van der Waals surface area contributed by atoms with E-state index in [9.17, 15) is 4.79 Å². The van der Waals surface area contributed by atoms with Gasteiger partial charge in [0.15, 0.2) is 0 Å². The highest BCUT2D eigenvalue weighted by molar-refractivity contribution is 5.68. The summed E-state index contributed by atoms with van der Waals surface area (Å²) in [5, 5.41) is 0. The van der Waals surface area contributed by atoms with Gasteiger partial charge in [0.1, 0.15) is 5.60 Å². The average molecular weight is 228 g/mol. The van der Waals surface area contributed by atoms with Crippen LogP contribution in [0.2, 0.25) is 0 Å². The number of rotatable bonds is 1. The highest BCUT2D eigenvalue weighted by Crippen LogP contribution is 2.21. The third-order valence-electron chi connectivity index (χ3n) is 2.78. The molecule has 0 spiro atoms. The van der Waals surface area contributed by atoms with Gasteiger partial charge in [0, 0.05) is 18.6 Å². The van der Waals surface area contributed by atoms with Gasteiger partial charge in [-0.05, 0) is 47.0 Å². The molecular weight excluding hydrogens is 204 g/mol. The number of hydrogen-bond acceptors (Lipinski definition) is 3. The minimum Gasteiger partial charge on any atom is -0.444 e. The first kappa shape index (κ1) is 13.3. The molecule has 1 aliphatic heterocycles. The van der Waals surface area contributed by atoms with Gasteiger partial charge in [-0.15, -0.1) is 0 Å². The number of hydrogen-bond donors (Lipinski definition) is 1. The summed E-state index contributed by atoms with van der Waals surface area (Å²) in [5.41, 5.74) is 5.48. The first-order valence-corrected chi connectivity index (χ1v) is 6.06. The van der Waals surface area contributed by atoms with Crippen LogP contribution in [0.3, 0.4) is 0 Å². The van der Waals surface area contributed by atoms with Gasteiger partial charge in [-0.25, -0.2) is 4.79 Å². The monoisotopic (exact) mass is 228 g/mol. The Balaban J connectivity index is 2.64. The van der Waals surface area contributed by atoms with Gasteiger partial charge < -0.3 is 15.4 Å². The molecule has 0 unspecified atom stereocenters. The number of carbonyl (C=O) groups is 1. The first-order valence-electron chi connectivity index (χ1n) is 6.06. The van der Waals surface area contributed by atoms with Crippen LogP contribution in [0.25, 0.3) is 0 Å². The van der Waals surface area contributed by atoms with Gasteiger partial charge in [0.25, 0.3) is 0 Å². The topological polar surface area (TPSA) is 55.6 Å². The van der Waals surface area contributed by atoms with Crippen molar-refractivity contribution in [3.8, 4) is 0 Å². The summed E-state index contributed by atoms with van der Waals surface area (Å²) in [7, 11) is 0. The van der Waals surface area contributed by atoms with E-state index in [1.165, 1.54) is 0 Å². The van der Waals surface area contributed by atoms with E-state index in [2.05, 4.69) is 0 Å². The third-order valence-corrected chi connectivity index (χ3v) is 2.78. The van der Waals surface area contributed by atoms with Crippen LogP contribution in [0.5, 0.6) is 0 Å². The summed E-state index contributed by atoms with van der Waals surface area (Å²) in [6.45, 7) is 8.37. The third kappa shape index (κ3) is 3.67. The fourth-order valence-electron chi connectivity index (χ4n) is 2.05. The zero-order chi connectivity index (χ0) is 12.3. The van der Waals surface area contributed by atoms with E-state index >= 15 is 0 Å². The summed E-state index contributed by atoms with van der Waals surface area (Å²) in [4.78, 5) is 13.8. The summed E-state index contributed by atoms with van der Waals surface area (Å²) < 4.78 is 5.39. The maximum atomic E-state index is 12.0. The number of piperidine rings is 1. The quantitative estimate of drug-likeness (QED) is 0.748. The molecule has 94 valence electrons. The second-order valence-corrected chi connectivity index (χ2v) is 5.60. The van der Waals surface area contributed by atoms with Crippen LogP contribution in [-0.2, 0) is 4.74 Å². The summed E-state index contributed by atoms with van der Waals surface area (Å²) >= 11 is 0. The normalized spacial score (nSPS) is 24.1. The van der Waals surface area contributed by atoms with Crippen molar-refractivity contribution in [1.29, 1.82) is 0 Å². The van der Waals surface area contributed by atoms with Crippen molar-refractivity contribution in [1.82, 2.24) is 4.90 Å². The van der Waals surface area contributed by atoms with E-state index in [0.29, 0.717) is 0 Å². The van der Waals surface area contributed by atoms with Crippen molar-refractivity contribution in [2.24, 2.45) is 5.73 Å². The van der Waals surface area contributed by atoms with Crippen molar-refractivity contribution >= 4 is 6.09 Å². The van der Waals surface area contributed by atoms with Crippen LogP contribution in [0.15, 0.2) is 0 Å². The molecule has 1 heterocycles. The Kier molecular flexibility index (Phi) is 4.19. The van der Waals surface area contributed by atoms with Crippen LogP contribution in [0, 0.1) is 0 Å². The van der Waals surface area contributed by atoms with Crippen LogP contribution in [0.1, 0.15) is 47.0 Å². The predicted molar refractivity (Wildman–Crippen MR) is 64.2 cm³/mol. The maximum absolute atomic E-state index is 12.0. The van der Waals surface area contributed by atoms with Crippen LogP contribution in [-0.4, -0.2) is 35.2 Å². The number of ether oxygens (including phenoxy) is 1. The summed E-state index contributed by atoms with van der Waals surface area (Å²) in [6.07, 6.45) is 2.94. The summed E-state index contributed by atoms with van der Waals surface area (Å²) in [5.74, 6) is 0. The molecule has 16 heavy (non-hydrogen) atoms. The van der Waals surface area contributed by atoms with Gasteiger partial charge in [0.2, 0.25) is 0 Å². The number of nitrogens with two attached hydrogens (primary N) is 1. The lowest BCUT2D eigenvalue weighted by Gasteiger charge is -2.38. The molecule has 0 bridgehead atoms. The van der Waals surface area contributed by atoms with Crippen molar-refractivity contribution in [2.75, 3.05) is 6.54 Å². The zero-order valence-corrected chi connectivity index (χ0v) is 10.8. The van der Waals surface area contributed by atoms with E-state index in [1.54, 1.807) is 4.90 Å². The van der Waals surface area contributed by atoms with Crippen molar-refractivity contribution in [2.45, 2.75) is 64.6 Å². The smallest absolute Gasteiger partial charge is 0.410 e. The lowest BCUT2D eigenvalue weighted by atomic mass is 9.97. The van der Waals surface area contributed by atoms with Crippen molar-refractivity contribution < 1.29 is 9.53 Å². The molecule has 0 radical (unpaired) electrons. The standard InChI is InChI=1S/C12H24N2O2/c1-9(13)10-7-5-6-8-14(10)11(15)16-12(2,3)4/h9-10H,5-8,13H2,1-4H3/t9-,10+/m0/s1. The molecular formula is C12H24N2O2. The predicted octanol–water partition coefficient (Wildman–Crippen LogP) is 2.12. The number of nitrogens with zero attached hydrogens (tertiary/aromatic N) is 1. The molecule has 2 atom stereocenters. The minimum atomic E-state index is -0.434. The maximum Gasteiger partial charge on any atom is 0.410 e. The molecule has 0 aromatic heterocycles. The van der Waals surface area contributed by atoms with Gasteiger partial charge in [-0.1, -0.05) is 0 Å². The van der Waals surface area contributed by atoms with Crippen LogP contribution in [0.4, 0.5) is 4.79 Å². The van der Waals surface area contributed by atoms with E-state index in [1.807, 2.05) is 27.7 Å². The molecule has 0 aliphatic carbocycles. The lowest BCUT2D eigenvalue weighted by molar-refractivity contribution is 0.00731. The van der Waals surface area contributed by atoms with Gasteiger partial charge >= 0.3 is 6.09 Å². The number of carbonyl (C=O) groups excluding carboxylic acids is 1. The fraction of sp³-hybridized carbons (Fsp3) is 0.917. The Morgan fingerprint density at radius 2 is 2.06 bits per heavy atom. The van der Waals surface area contributed by atoms with Crippen molar-refractivity contribution in [3.05, 3.63) is 0 Å². The first-order chi connectivity index (χ1) is 7.31. The number of likely N-dealkylation sites (tertiary alicyclic amines) is 1. The van der Waals surface area contributed by atoms with E-state index in [4.69, 9.17) is 10.5 Å². The van der Waals surface area contributed by atoms with E-state index in [0.717, 1.165) is 25.8 Å². The SMILES string of the molecule is C[C@H](N)[C@H]1CCCCN1C(=O)OC(C)(C)C. The molecule has 4 heteroatoms. The highest BCUT2D eigenvalue weighted by atomic mass is 16.6.